The molecule has 16 bridgehead atoms. The van der Waals surface area contributed by atoms with Crippen molar-refractivity contribution in [2.75, 3.05) is 0 Å². The Hall–Kier alpha value is -6.80. The summed E-state index contributed by atoms with van der Waals surface area (Å²) in [5, 5.41) is 0. The van der Waals surface area contributed by atoms with Crippen LogP contribution in [0.5, 0.6) is 0 Å². The molecule has 0 amide bonds. The van der Waals surface area contributed by atoms with E-state index in [9.17, 15) is 0 Å². The second-order valence-corrected chi connectivity index (χ2v) is 18.3. The molecule has 1 aliphatic carbocycles. The van der Waals surface area contributed by atoms with Gasteiger partial charge in [-0.3, -0.25) is 4.98 Å². The lowest BCUT2D eigenvalue weighted by Gasteiger charge is -2.35. The molecule has 1 unspecified atom stereocenters. The molecule has 1 atom stereocenters. The van der Waals surface area contributed by atoms with Crippen LogP contribution in [0.2, 0.25) is 0 Å². The van der Waals surface area contributed by atoms with Gasteiger partial charge < -0.3 is 19.9 Å². The molecule has 320 valence electrons. The molecule has 1 spiro atoms. The Labute approximate surface area is 374 Å². The normalized spacial score (nSPS) is 17.3. The van der Waals surface area contributed by atoms with Crippen molar-refractivity contribution in [1.82, 2.24) is 39.9 Å². The van der Waals surface area contributed by atoms with Gasteiger partial charge in [-0.15, -0.1) is 0 Å². The van der Waals surface area contributed by atoms with Crippen LogP contribution >= 0.6 is 0 Å². The Balaban J connectivity index is 1.18. The Morgan fingerprint density at radius 1 is 0.484 bits per heavy atom. The summed E-state index contributed by atoms with van der Waals surface area (Å²) in [6, 6.07) is 26.5. The monoisotopic (exact) mass is 840 g/mol. The maximum absolute atomic E-state index is 5.61. The first-order valence-corrected chi connectivity index (χ1v) is 23.2. The summed E-state index contributed by atoms with van der Waals surface area (Å²) in [5.41, 5.74) is 29.7. The highest BCUT2D eigenvalue weighted by Crippen LogP contribution is 2.56. The summed E-state index contributed by atoms with van der Waals surface area (Å²) in [4.78, 5) is 36.7. The number of hydrogen-bond acceptors (Lipinski definition) is 4. The summed E-state index contributed by atoms with van der Waals surface area (Å²) >= 11 is 0. The summed E-state index contributed by atoms with van der Waals surface area (Å²) in [5.74, 6) is 0. The first-order chi connectivity index (χ1) is 31.0. The van der Waals surface area contributed by atoms with Crippen molar-refractivity contribution in [3.05, 3.63) is 147 Å². The Morgan fingerprint density at radius 2 is 0.969 bits per heavy atom. The van der Waals surface area contributed by atoms with Crippen molar-refractivity contribution in [3.63, 3.8) is 0 Å². The summed E-state index contributed by atoms with van der Waals surface area (Å²) in [6.45, 7) is 22.8. The average Bonchev–Trinajstić information content (AvgIpc) is 4.17. The van der Waals surface area contributed by atoms with Gasteiger partial charge in [-0.25, -0.2) is 15.0 Å². The number of aromatic nitrogens is 8. The van der Waals surface area contributed by atoms with Crippen LogP contribution in [0.4, 0.5) is 0 Å². The van der Waals surface area contributed by atoms with Gasteiger partial charge in [0.15, 0.2) is 0 Å². The van der Waals surface area contributed by atoms with E-state index >= 15 is 0 Å². The topological polar surface area (TPSA) is 115 Å². The molecule has 11 rings (SSSR count). The van der Waals surface area contributed by atoms with Gasteiger partial charge in [0.1, 0.15) is 0 Å². The summed E-state index contributed by atoms with van der Waals surface area (Å²) in [6.07, 6.45) is 6.00. The van der Waals surface area contributed by atoms with E-state index in [1.807, 2.05) is 0 Å². The predicted octanol–water partition coefficient (Wildman–Crippen LogP) is 14.1. The molecule has 0 aromatic carbocycles. The Kier molecular flexibility index (Phi) is 9.31. The highest BCUT2D eigenvalue weighted by Gasteiger charge is 2.47. The number of nitrogens with one attached hydrogen (secondary N) is 4. The molecule has 0 fully saturated rings. The summed E-state index contributed by atoms with van der Waals surface area (Å²) < 4.78 is 0. The zero-order valence-electron chi connectivity index (χ0n) is 38.4. The minimum Gasteiger partial charge on any atom is -0.355 e. The minimum atomic E-state index is -0.459. The fraction of sp³-hybridized carbons (Fsp3) is 0.286. The van der Waals surface area contributed by atoms with Gasteiger partial charge in [-0.05, 0) is 207 Å². The molecule has 4 N–H and O–H groups in total. The van der Waals surface area contributed by atoms with Crippen LogP contribution in [0.1, 0.15) is 141 Å². The van der Waals surface area contributed by atoms with Crippen LogP contribution in [-0.2, 0) is 18.3 Å². The van der Waals surface area contributed by atoms with Crippen LogP contribution in [0.25, 0.3) is 83.1 Å². The number of allylic oxidation sites excluding steroid dienone is 7. The molecule has 64 heavy (non-hydrogen) atoms. The molecule has 0 saturated heterocycles. The van der Waals surface area contributed by atoms with Crippen LogP contribution in [0.3, 0.4) is 0 Å². The van der Waals surface area contributed by atoms with Gasteiger partial charge in [-0.2, -0.15) is 0 Å². The Morgan fingerprint density at radius 3 is 1.50 bits per heavy atom. The predicted molar refractivity (Wildman–Crippen MR) is 267 cm³/mol. The van der Waals surface area contributed by atoms with Gasteiger partial charge in [-0.1, -0.05) is 34.3 Å². The molecule has 8 heteroatoms. The lowest BCUT2D eigenvalue weighted by molar-refractivity contribution is 0.519. The number of nitrogens with zero attached hydrogens (tertiary/aromatic N) is 4. The van der Waals surface area contributed by atoms with Gasteiger partial charge in [0.05, 0.1) is 45.6 Å². The largest absolute Gasteiger partial charge is 0.355 e. The van der Waals surface area contributed by atoms with Crippen molar-refractivity contribution in [2.24, 2.45) is 0 Å². The van der Waals surface area contributed by atoms with E-state index in [4.69, 9.17) is 26.5 Å². The SMILES string of the molecule is C=C1c2cc3nc(cc4ccc(cc5[nH]c(cc(n2)C12CCC1=C(C2)c2cc6nc(cc7ccc(cc8[nH]c(cc1n2)c(CC)c8C)[nH]7)C(C)=C6CC)c(CC)c5C)[nH]4)C(C)=C3CC. The van der Waals surface area contributed by atoms with Crippen LogP contribution in [0, 0.1) is 13.8 Å². The third kappa shape index (κ3) is 6.16. The molecule has 5 aliphatic rings. The molecular weight excluding hydrogens is 785 g/mol. The smallest absolute Gasteiger partial charge is 0.0694 e. The standard InChI is InChI=1S/C56H56N8/c1-10-38-29(5)44-20-34-16-17-37(58-34)23-47-32(8)41(13-4)54(62-47)27-55-56(33(9)48(64-55)24-49(38)59-44)19-18-42-43(28-56)53-26-51-40(12-3)31(7)46(61-51)22-36-15-14-35(57-36)21-45-30(6)39(11-2)50(60-45)25-52(42)63-53/h14-17,20-27,57-58,60,62H,9-13,18-19,28H2,1-8H3. The zero-order valence-corrected chi connectivity index (χ0v) is 38.4. The van der Waals surface area contributed by atoms with Crippen molar-refractivity contribution < 1.29 is 0 Å². The van der Waals surface area contributed by atoms with Crippen LogP contribution in [0.15, 0.2) is 79.4 Å². The molecule has 0 radical (unpaired) electrons. The third-order valence-corrected chi connectivity index (χ3v) is 15.0. The van der Waals surface area contributed by atoms with E-state index in [1.165, 1.54) is 55.7 Å². The molecule has 4 aliphatic heterocycles. The summed E-state index contributed by atoms with van der Waals surface area (Å²) in [7, 11) is 0. The van der Waals surface area contributed by atoms with E-state index in [0.717, 1.165) is 140 Å². The van der Waals surface area contributed by atoms with E-state index < -0.39 is 5.41 Å². The van der Waals surface area contributed by atoms with Crippen molar-refractivity contribution >= 4 is 83.1 Å². The number of fused-ring (bicyclic) bond motifs is 19. The molecular formula is C56H56N8. The van der Waals surface area contributed by atoms with Gasteiger partial charge in [0, 0.05) is 49.5 Å². The number of aryl methyl sites for hydroxylation is 4. The number of hydrogen-bond donors (Lipinski definition) is 4. The second kappa shape index (κ2) is 14.9. The number of rotatable bonds is 4. The molecule has 6 aromatic heterocycles. The first-order valence-electron chi connectivity index (χ1n) is 23.2. The number of H-pyrrole nitrogens is 4. The molecule has 8 nitrogen and oxygen atoms in total. The molecule has 0 saturated carbocycles. The molecule has 6 aromatic rings. The van der Waals surface area contributed by atoms with Crippen molar-refractivity contribution in [2.45, 2.75) is 106 Å². The number of aromatic amines is 4. The Bertz CT molecular complexity index is 3480. The average molecular weight is 841 g/mol. The fourth-order valence-electron chi connectivity index (χ4n) is 11.3. The maximum atomic E-state index is 5.61. The van der Waals surface area contributed by atoms with Crippen molar-refractivity contribution in [1.29, 1.82) is 0 Å². The first kappa shape index (κ1) is 40.0. The van der Waals surface area contributed by atoms with E-state index in [-0.39, 0.29) is 0 Å². The highest BCUT2D eigenvalue weighted by molar-refractivity contribution is 5.99. The van der Waals surface area contributed by atoms with E-state index in [1.54, 1.807) is 0 Å². The van der Waals surface area contributed by atoms with Crippen LogP contribution in [-0.4, -0.2) is 39.9 Å². The fourth-order valence-corrected chi connectivity index (χ4v) is 11.3. The quantitative estimate of drug-likeness (QED) is 0.141. The van der Waals surface area contributed by atoms with E-state index in [0.29, 0.717) is 0 Å². The minimum absolute atomic E-state index is 0.459. The third-order valence-electron chi connectivity index (χ3n) is 15.0. The lowest BCUT2D eigenvalue weighted by atomic mass is 9.65. The maximum Gasteiger partial charge on any atom is 0.0694 e. The second-order valence-electron chi connectivity index (χ2n) is 18.3. The van der Waals surface area contributed by atoms with Gasteiger partial charge in [0.2, 0.25) is 0 Å². The lowest BCUT2D eigenvalue weighted by Crippen LogP contribution is -2.27. The van der Waals surface area contributed by atoms with E-state index in [2.05, 4.69) is 148 Å². The van der Waals surface area contributed by atoms with Crippen molar-refractivity contribution in [3.8, 4) is 0 Å². The zero-order chi connectivity index (χ0) is 44.2. The van der Waals surface area contributed by atoms with Gasteiger partial charge >= 0.3 is 0 Å². The van der Waals surface area contributed by atoms with Gasteiger partial charge in [0.25, 0.3) is 0 Å². The highest BCUT2D eigenvalue weighted by atomic mass is 14.8. The van der Waals surface area contributed by atoms with Crippen LogP contribution < -0.4 is 0 Å². The molecule has 10 heterocycles.